The molecular formula is C17H17F11N2O. The molecule has 0 aliphatic heterocycles. The van der Waals surface area contributed by atoms with Crippen LogP contribution in [0.3, 0.4) is 0 Å². The summed E-state index contributed by atoms with van der Waals surface area (Å²) in [4.78, 5) is 3.36. The largest absolute Gasteiger partial charge is 0.453 e. The first kappa shape index (κ1) is 25.6. The second-order valence-corrected chi connectivity index (χ2v) is 7.32. The van der Waals surface area contributed by atoms with Crippen LogP contribution >= 0.6 is 0 Å². The Kier molecular flexibility index (Phi) is 6.87. The third kappa shape index (κ3) is 5.57. The predicted octanol–water partition coefficient (Wildman–Crippen LogP) is 5.20. The summed E-state index contributed by atoms with van der Waals surface area (Å²) in [6, 6.07) is 2.47. The number of aromatic nitrogens is 1. The lowest BCUT2D eigenvalue weighted by atomic mass is 9.72. The summed E-state index contributed by atoms with van der Waals surface area (Å²) in [7, 11) is 0. The Morgan fingerprint density at radius 2 is 1.52 bits per heavy atom. The van der Waals surface area contributed by atoms with Crippen molar-refractivity contribution in [1.29, 1.82) is 0 Å². The maximum atomic E-state index is 13.7. The Labute approximate surface area is 168 Å². The molecule has 1 aromatic rings. The maximum Gasteiger partial charge on any atom is 0.453 e. The van der Waals surface area contributed by atoms with E-state index in [-0.39, 0.29) is 0 Å². The molecule has 1 aromatic heterocycles. The van der Waals surface area contributed by atoms with Crippen molar-refractivity contribution in [2.24, 2.45) is 5.92 Å². The zero-order valence-corrected chi connectivity index (χ0v) is 15.5. The number of aliphatic hydroxyl groups is 1. The van der Waals surface area contributed by atoms with Crippen LogP contribution in [0.1, 0.15) is 37.1 Å². The highest BCUT2D eigenvalue weighted by Gasteiger charge is 2.63. The van der Waals surface area contributed by atoms with Crippen LogP contribution in [-0.2, 0) is 11.7 Å². The zero-order chi connectivity index (χ0) is 23.9. The van der Waals surface area contributed by atoms with E-state index in [1.807, 2.05) is 0 Å². The number of nitrogens with zero attached hydrogens (tertiary/aromatic N) is 1. The van der Waals surface area contributed by atoms with Crippen molar-refractivity contribution < 1.29 is 53.4 Å². The molecule has 1 aliphatic carbocycles. The van der Waals surface area contributed by atoms with Crippen LogP contribution in [0.2, 0.25) is 0 Å². The van der Waals surface area contributed by atoms with Crippen molar-refractivity contribution in [3.8, 4) is 0 Å². The second-order valence-electron chi connectivity index (χ2n) is 7.32. The van der Waals surface area contributed by atoms with E-state index in [0.29, 0.717) is 6.07 Å². The quantitative estimate of drug-likeness (QED) is 0.578. The molecule has 0 radical (unpaired) electrons. The SMILES string of the molecule is OC(CNC1(c2cccc(C(F)(F)F)n2)CCC(C(F)(F)C(F)(F)F)CC1)C(F)(F)F. The Morgan fingerprint density at radius 1 is 0.968 bits per heavy atom. The highest BCUT2D eigenvalue weighted by Crippen LogP contribution is 2.50. The van der Waals surface area contributed by atoms with Gasteiger partial charge in [-0.1, -0.05) is 6.07 Å². The van der Waals surface area contributed by atoms with Crippen LogP contribution in [0.5, 0.6) is 0 Å². The van der Waals surface area contributed by atoms with Gasteiger partial charge in [-0.3, -0.25) is 0 Å². The van der Waals surface area contributed by atoms with Crippen molar-refractivity contribution in [2.45, 2.75) is 61.8 Å². The van der Waals surface area contributed by atoms with E-state index in [0.717, 1.165) is 12.1 Å². The molecule has 0 aromatic carbocycles. The molecule has 1 unspecified atom stereocenters. The third-order valence-electron chi connectivity index (χ3n) is 5.27. The number of rotatable bonds is 5. The Balaban J connectivity index is 2.36. The van der Waals surface area contributed by atoms with Crippen LogP contribution in [0, 0.1) is 5.92 Å². The third-order valence-corrected chi connectivity index (χ3v) is 5.27. The summed E-state index contributed by atoms with van der Waals surface area (Å²) in [5, 5.41) is 11.4. The fraction of sp³-hybridized carbons (Fsp3) is 0.706. The van der Waals surface area contributed by atoms with Gasteiger partial charge in [0.1, 0.15) is 5.69 Å². The van der Waals surface area contributed by atoms with Crippen LogP contribution < -0.4 is 5.32 Å². The van der Waals surface area contributed by atoms with Gasteiger partial charge in [0.05, 0.1) is 11.2 Å². The topological polar surface area (TPSA) is 45.1 Å². The molecule has 1 heterocycles. The molecule has 3 nitrogen and oxygen atoms in total. The lowest BCUT2D eigenvalue weighted by Gasteiger charge is -2.43. The van der Waals surface area contributed by atoms with E-state index < -0.39 is 85.6 Å². The molecule has 178 valence electrons. The number of alkyl halides is 11. The van der Waals surface area contributed by atoms with E-state index >= 15 is 0 Å². The summed E-state index contributed by atoms with van der Waals surface area (Å²) in [6.45, 7) is -1.22. The Morgan fingerprint density at radius 3 is 1.97 bits per heavy atom. The molecule has 0 amide bonds. The first-order valence-electron chi connectivity index (χ1n) is 8.89. The number of aliphatic hydroxyl groups excluding tert-OH is 1. The van der Waals surface area contributed by atoms with Crippen LogP contribution in [0.4, 0.5) is 48.3 Å². The lowest BCUT2D eigenvalue weighted by Crippen LogP contribution is -2.53. The Hall–Kier alpha value is -1.70. The van der Waals surface area contributed by atoms with Gasteiger partial charge >= 0.3 is 24.5 Å². The first-order valence-corrected chi connectivity index (χ1v) is 8.89. The lowest BCUT2D eigenvalue weighted by molar-refractivity contribution is -0.306. The number of pyridine rings is 1. The molecule has 1 fully saturated rings. The van der Waals surface area contributed by atoms with Gasteiger partial charge in [0, 0.05) is 12.5 Å². The van der Waals surface area contributed by atoms with Crippen LogP contribution in [-0.4, -0.2) is 41.0 Å². The fourth-order valence-electron chi connectivity index (χ4n) is 3.49. The van der Waals surface area contributed by atoms with Gasteiger partial charge in [0.25, 0.3) is 0 Å². The normalized spacial score (nSPS) is 24.8. The molecule has 14 heteroatoms. The van der Waals surface area contributed by atoms with Gasteiger partial charge in [-0.2, -0.15) is 48.3 Å². The maximum absolute atomic E-state index is 13.7. The van der Waals surface area contributed by atoms with Gasteiger partial charge < -0.3 is 10.4 Å². The van der Waals surface area contributed by atoms with Crippen molar-refractivity contribution in [3.05, 3.63) is 29.6 Å². The van der Waals surface area contributed by atoms with Gasteiger partial charge in [0.15, 0.2) is 6.10 Å². The van der Waals surface area contributed by atoms with E-state index in [2.05, 4.69) is 10.3 Å². The first-order chi connectivity index (χ1) is 13.9. The molecule has 1 saturated carbocycles. The number of halogens is 11. The van der Waals surface area contributed by atoms with E-state index in [9.17, 15) is 53.4 Å². The molecular weight excluding hydrogens is 457 g/mol. The molecule has 2 N–H and O–H groups in total. The molecule has 31 heavy (non-hydrogen) atoms. The van der Waals surface area contributed by atoms with Gasteiger partial charge in [-0.05, 0) is 37.8 Å². The van der Waals surface area contributed by atoms with Crippen molar-refractivity contribution in [3.63, 3.8) is 0 Å². The van der Waals surface area contributed by atoms with Gasteiger partial charge in [0.2, 0.25) is 0 Å². The van der Waals surface area contributed by atoms with Crippen molar-refractivity contribution >= 4 is 0 Å². The standard InChI is InChI=1S/C17H17F11N2O/c18-14(19,17(26,27)28)9-4-6-13(7-5-9,29-8-12(31)16(23,24)25)10-2-1-3-11(30-10)15(20,21)22/h1-3,9,12,29,31H,4-8H2. The summed E-state index contributed by atoms with van der Waals surface area (Å²) in [5.41, 5.74) is -3.75. The van der Waals surface area contributed by atoms with Gasteiger partial charge in [-0.15, -0.1) is 0 Å². The fourth-order valence-corrected chi connectivity index (χ4v) is 3.49. The summed E-state index contributed by atoms with van der Waals surface area (Å²) in [6.07, 6.45) is -21.8. The average Bonchev–Trinajstić information content (AvgIpc) is 2.64. The summed E-state index contributed by atoms with van der Waals surface area (Å²) >= 11 is 0. The summed E-state index contributed by atoms with van der Waals surface area (Å²) < 4.78 is 142. The minimum atomic E-state index is -5.86. The van der Waals surface area contributed by atoms with Gasteiger partial charge in [-0.25, -0.2) is 4.98 Å². The predicted molar refractivity (Wildman–Crippen MR) is 83.9 cm³/mol. The smallest absolute Gasteiger partial charge is 0.382 e. The molecule has 0 bridgehead atoms. The molecule has 1 aliphatic rings. The number of nitrogens with one attached hydrogen (secondary N) is 1. The highest BCUT2D eigenvalue weighted by atomic mass is 19.4. The van der Waals surface area contributed by atoms with Crippen molar-refractivity contribution in [2.75, 3.05) is 6.54 Å². The zero-order valence-electron chi connectivity index (χ0n) is 15.5. The highest BCUT2D eigenvalue weighted by molar-refractivity contribution is 5.22. The van der Waals surface area contributed by atoms with E-state index in [4.69, 9.17) is 0 Å². The second kappa shape index (κ2) is 8.34. The molecule has 0 saturated heterocycles. The minimum Gasteiger partial charge on any atom is -0.382 e. The minimum absolute atomic E-state index is 0.467. The van der Waals surface area contributed by atoms with E-state index in [1.54, 1.807) is 0 Å². The summed E-state index contributed by atoms with van der Waals surface area (Å²) in [5.74, 6) is -7.29. The van der Waals surface area contributed by atoms with Crippen LogP contribution in [0.15, 0.2) is 18.2 Å². The molecule has 0 spiro atoms. The number of hydrogen-bond donors (Lipinski definition) is 2. The average molecular weight is 474 g/mol. The van der Waals surface area contributed by atoms with E-state index in [1.165, 1.54) is 0 Å². The number of hydrogen-bond acceptors (Lipinski definition) is 3. The molecule has 1 atom stereocenters. The molecule has 2 rings (SSSR count). The van der Waals surface area contributed by atoms with Crippen LogP contribution in [0.25, 0.3) is 0 Å². The Bertz CT molecular complexity index is 750. The van der Waals surface area contributed by atoms with Crippen molar-refractivity contribution in [1.82, 2.24) is 10.3 Å². The monoisotopic (exact) mass is 474 g/mol.